The lowest BCUT2D eigenvalue weighted by atomic mass is 10.2. The second-order valence-corrected chi connectivity index (χ2v) is 7.00. The quantitative estimate of drug-likeness (QED) is 0.873. The highest BCUT2D eigenvalue weighted by Gasteiger charge is 2.28. The van der Waals surface area contributed by atoms with Crippen LogP contribution in [0.5, 0.6) is 11.5 Å². The fourth-order valence-electron chi connectivity index (χ4n) is 2.49. The largest absolute Gasteiger partial charge is 0.497 e. The molecule has 0 heterocycles. The second kappa shape index (κ2) is 6.45. The normalized spacial score (nSPS) is 16.3. The number of ether oxygens (including phenoxy) is 2. The molecule has 1 aliphatic carbocycles. The van der Waals surface area contributed by atoms with Crippen molar-refractivity contribution in [3.05, 3.63) is 23.8 Å². The van der Waals surface area contributed by atoms with E-state index in [-0.39, 0.29) is 11.8 Å². The minimum Gasteiger partial charge on any atom is -0.497 e. The lowest BCUT2D eigenvalue weighted by molar-refractivity contribution is 0.390. The molecule has 112 valence electrons. The van der Waals surface area contributed by atoms with Crippen molar-refractivity contribution in [1.29, 1.82) is 0 Å². The van der Waals surface area contributed by atoms with Gasteiger partial charge in [-0.05, 0) is 18.9 Å². The van der Waals surface area contributed by atoms with Crippen LogP contribution in [0, 0.1) is 0 Å². The van der Waals surface area contributed by atoms with Crippen LogP contribution in [-0.2, 0) is 16.6 Å². The summed E-state index contributed by atoms with van der Waals surface area (Å²) in [6.07, 6.45) is 3.51. The summed E-state index contributed by atoms with van der Waals surface area (Å²) in [6.45, 7) is 0.242. The number of sulfonamides is 1. The molecule has 1 aromatic rings. The first-order chi connectivity index (χ1) is 9.56. The van der Waals surface area contributed by atoms with Gasteiger partial charge in [-0.1, -0.05) is 18.9 Å². The second-order valence-electron chi connectivity index (χ2n) is 4.95. The lowest BCUT2D eigenvalue weighted by Crippen LogP contribution is -2.32. The molecular weight excluding hydrogens is 278 g/mol. The van der Waals surface area contributed by atoms with Crippen molar-refractivity contribution in [3.8, 4) is 11.5 Å². The minimum atomic E-state index is -3.24. The molecule has 2 rings (SSSR count). The molecule has 0 radical (unpaired) electrons. The summed E-state index contributed by atoms with van der Waals surface area (Å²) in [5.74, 6) is 1.31. The zero-order valence-electron chi connectivity index (χ0n) is 11.9. The van der Waals surface area contributed by atoms with E-state index in [0.29, 0.717) is 11.5 Å². The van der Waals surface area contributed by atoms with E-state index in [2.05, 4.69) is 4.72 Å². The first-order valence-corrected chi connectivity index (χ1v) is 8.31. The van der Waals surface area contributed by atoms with Gasteiger partial charge in [0.15, 0.2) is 0 Å². The van der Waals surface area contributed by atoms with Gasteiger partial charge in [-0.3, -0.25) is 0 Å². The van der Waals surface area contributed by atoms with Crippen molar-refractivity contribution in [1.82, 2.24) is 4.72 Å². The predicted octanol–water partition coefficient (Wildman–Crippen LogP) is 2.07. The number of methoxy groups -OCH3 is 2. The molecule has 1 N–H and O–H groups in total. The van der Waals surface area contributed by atoms with Gasteiger partial charge in [0, 0.05) is 18.2 Å². The van der Waals surface area contributed by atoms with Gasteiger partial charge in [0.2, 0.25) is 10.0 Å². The van der Waals surface area contributed by atoms with E-state index in [1.54, 1.807) is 26.4 Å². The highest BCUT2D eigenvalue weighted by atomic mass is 32.2. The maximum atomic E-state index is 12.2. The van der Waals surface area contributed by atoms with Crippen molar-refractivity contribution < 1.29 is 17.9 Å². The molecule has 1 fully saturated rings. The van der Waals surface area contributed by atoms with Gasteiger partial charge in [-0.15, -0.1) is 0 Å². The first-order valence-electron chi connectivity index (χ1n) is 6.76. The van der Waals surface area contributed by atoms with E-state index >= 15 is 0 Å². The molecule has 0 unspecified atom stereocenters. The van der Waals surface area contributed by atoms with Gasteiger partial charge in [0.25, 0.3) is 0 Å². The Morgan fingerprint density at radius 2 is 1.90 bits per heavy atom. The molecule has 0 spiro atoms. The first kappa shape index (κ1) is 15.1. The third-order valence-corrected chi connectivity index (χ3v) is 5.59. The van der Waals surface area contributed by atoms with Gasteiger partial charge in [0.1, 0.15) is 11.5 Å². The number of hydrogen-bond acceptors (Lipinski definition) is 4. The Bertz CT molecular complexity index is 550. The van der Waals surface area contributed by atoms with Crippen molar-refractivity contribution in [2.45, 2.75) is 37.5 Å². The maximum Gasteiger partial charge on any atom is 0.214 e. The number of rotatable bonds is 6. The monoisotopic (exact) mass is 299 g/mol. The lowest BCUT2D eigenvalue weighted by Gasteiger charge is -2.14. The molecule has 5 nitrogen and oxygen atoms in total. The zero-order valence-corrected chi connectivity index (χ0v) is 12.7. The Kier molecular flexibility index (Phi) is 4.88. The van der Waals surface area contributed by atoms with Crippen LogP contribution in [0.25, 0.3) is 0 Å². The van der Waals surface area contributed by atoms with E-state index in [4.69, 9.17) is 9.47 Å². The molecule has 1 saturated carbocycles. The Balaban J connectivity index is 2.06. The molecule has 0 bridgehead atoms. The average molecular weight is 299 g/mol. The van der Waals surface area contributed by atoms with Crippen LogP contribution in [0.3, 0.4) is 0 Å². The maximum absolute atomic E-state index is 12.2. The number of benzene rings is 1. The molecule has 1 aliphatic rings. The van der Waals surface area contributed by atoms with Crippen LogP contribution in [0.4, 0.5) is 0 Å². The Labute approximate surface area is 120 Å². The molecule has 0 saturated heterocycles. The van der Waals surface area contributed by atoms with Crippen LogP contribution >= 0.6 is 0 Å². The number of hydrogen-bond donors (Lipinski definition) is 1. The molecule has 1 aromatic carbocycles. The number of nitrogens with one attached hydrogen (secondary N) is 1. The van der Waals surface area contributed by atoms with Crippen LogP contribution in [0.2, 0.25) is 0 Å². The summed E-state index contributed by atoms with van der Waals surface area (Å²) >= 11 is 0. The van der Waals surface area contributed by atoms with Gasteiger partial charge < -0.3 is 9.47 Å². The van der Waals surface area contributed by atoms with Crippen LogP contribution < -0.4 is 14.2 Å². The fourth-order valence-corrected chi connectivity index (χ4v) is 4.04. The summed E-state index contributed by atoms with van der Waals surface area (Å²) < 4.78 is 37.4. The van der Waals surface area contributed by atoms with E-state index in [1.165, 1.54) is 0 Å². The van der Waals surface area contributed by atoms with Crippen molar-refractivity contribution >= 4 is 10.0 Å². The summed E-state index contributed by atoms with van der Waals surface area (Å²) in [5.41, 5.74) is 0.801. The van der Waals surface area contributed by atoms with E-state index < -0.39 is 10.0 Å². The smallest absolute Gasteiger partial charge is 0.214 e. The molecule has 6 heteroatoms. The summed E-state index contributed by atoms with van der Waals surface area (Å²) in [7, 11) is -0.0958. The third-order valence-electron chi connectivity index (χ3n) is 3.70. The SMILES string of the molecule is COc1ccc(CNS(=O)(=O)C2CCCC2)c(OC)c1. The fraction of sp³-hybridized carbons (Fsp3) is 0.571. The van der Waals surface area contributed by atoms with Gasteiger partial charge in [0.05, 0.1) is 19.5 Å². The Morgan fingerprint density at radius 3 is 2.50 bits per heavy atom. The minimum absolute atomic E-state index is 0.242. The average Bonchev–Trinajstić information content (AvgIpc) is 3.00. The molecule has 0 atom stereocenters. The van der Waals surface area contributed by atoms with Gasteiger partial charge >= 0.3 is 0 Å². The highest BCUT2D eigenvalue weighted by molar-refractivity contribution is 7.90. The Hall–Kier alpha value is -1.27. The van der Waals surface area contributed by atoms with Crippen LogP contribution in [0.15, 0.2) is 18.2 Å². The molecule has 0 aliphatic heterocycles. The molecule has 20 heavy (non-hydrogen) atoms. The topological polar surface area (TPSA) is 64.6 Å². The van der Waals surface area contributed by atoms with E-state index in [0.717, 1.165) is 31.2 Å². The molecule has 0 aromatic heterocycles. The van der Waals surface area contributed by atoms with Gasteiger partial charge in [-0.2, -0.15) is 0 Å². The van der Waals surface area contributed by atoms with Gasteiger partial charge in [-0.25, -0.2) is 13.1 Å². The molecular formula is C14H21NO4S. The van der Waals surface area contributed by atoms with Crippen LogP contribution in [-0.4, -0.2) is 27.9 Å². The van der Waals surface area contributed by atoms with Crippen molar-refractivity contribution in [2.24, 2.45) is 0 Å². The Morgan fingerprint density at radius 1 is 1.20 bits per heavy atom. The van der Waals surface area contributed by atoms with E-state index in [1.807, 2.05) is 6.07 Å². The highest BCUT2D eigenvalue weighted by Crippen LogP contribution is 2.26. The van der Waals surface area contributed by atoms with Crippen LogP contribution in [0.1, 0.15) is 31.2 Å². The third kappa shape index (κ3) is 3.43. The summed E-state index contributed by atoms with van der Waals surface area (Å²) in [5, 5.41) is -0.244. The summed E-state index contributed by atoms with van der Waals surface area (Å²) in [6, 6.07) is 5.36. The van der Waals surface area contributed by atoms with Crippen molar-refractivity contribution in [3.63, 3.8) is 0 Å². The summed E-state index contributed by atoms with van der Waals surface area (Å²) in [4.78, 5) is 0. The standard InChI is InChI=1S/C14H21NO4S/c1-18-12-8-7-11(14(9-12)19-2)10-15-20(16,17)13-5-3-4-6-13/h7-9,13,15H,3-6,10H2,1-2H3. The van der Waals surface area contributed by atoms with Crippen molar-refractivity contribution in [2.75, 3.05) is 14.2 Å². The zero-order chi connectivity index (χ0) is 14.6. The molecule has 0 amide bonds. The van der Waals surface area contributed by atoms with E-state index in [9.17, 15) is 8.42 Å². The predicted molar refractivity (Wildman–Crippen MR) is 77.6 cm³/mol.